The predicted octanol–water partition coefficient (Wildman–Crippen LogP) is -0.249. The van der Waals surface area contributed by atoms with Crippen molar-refractivity contribution in [1.29, 1.82) is 0 Å². The Balaban J connectivity index is 2.01. The summed E-state index contributed by atoms with van der Waals surface area (Å²) < 4.78 is 5.53. The van der Waals surface area contributed by atoms with Gasteiger partial charge in [-0.3, -0.25) is 4.79 Å². The van der Waals surface area contributed by atoms with E-state index in [1.165, 1.54) is 0 Å². The van der Waals surface area contributed by atoms with Gasteiger partial charge in [0, 0.05) is 20.1 Å². The maximum atomic E-state index is 11.6. The number of piperidine rings is 1. The van der Waals surface area contributed by atoms with Gasteiger partial charge in [-0.15, -0.1) is 5.10 Å². The van der Waals surface area contributed by atoms with E-state index in [2.05, 4.69) is 20.8 Å². The number of anilines is 1. The first kappa shape index (κ1) is 12.8. The van der Waals surface area contributed by atoms with Crippen LogP contribution in [0.25, 0.3) is 0 Å². The lowest BCUT2D eigenvalue weighted by Gasteiger charge is -2.30. The zero-order valence-electron chi connectivity index (χ0n) is 10.8. The summed E-state index contributed by atoms with van der Waals surface area (Å²) in [5.41, 5.74) is 0. The molecule has 0 bridgehead atoms. The summed E-state index contributed by atoms with van der Waals surface area (Å²) in [4.78, 5) is 13.6. The second kappa shape index (κ2) is 5.81. The molecule has 2 N–H and O–H groups in total. The van der Waals surface area contributed by atoms with Gasteiger partial charge in [-0.1, -0.05) is 5.10 Å². The van der Waals surface area contributed by atoms with Gasteiger partial charge in [0.05, 0.1) is 12.5 Å². The van der Waals surface area contributed by atoms with Gasteiger partial charge in [0.15, 0.2) is 0 Å². The van der Waals surface area contributed by atoms with E-state index in [0.717, 1.165) is 19.4 Å². The Kier molecular flexibility index (Phi) is 4.14. The van der Waals surface area contributed by atoms with Crippen molar-refractivity contribution < 1.29 is 9.21 Å². The van der Waals surface area contributed by atoms with E-state index in [1.54, 1.807) is 7.05 Å². The average Bonchev–Trinajstić information content (AvgIpc) is 2.87. The van der Waals surface area contributed by atoms with Crippen molar-refractivity contribution in [2.45, 2.75) is 19.4 Å². The molecule has 100 valence electrons. The smallest absolute Gasteiger partial charge is 0.318 e. The van der Waals surface area contributed by atoms with E-state index in [-0.39, 0.29) is 11.8 Å². The molecule has 1 saturated heterocycles. The number of aromatic nitrogens is 2. The highest BCUT2D eigenvalue weighted by Crippen LogP contribution is 2.22. The van der Waals surface area contributed by atoms with E-state index in [9.17, 15) is 4.79 Å². The molecular weight excluding hydrogens is 234 g/mol. The number of carbonyl (C=O) groups excluding carboxylic acids is 1. The van der Waals surface area contributed by atoms with Crippen molar-refractivity contribution >= 4 is 11.9 Å². The average molecular weight is 253 g/mol. The highest BCUT2D eigenvalue weighted by Gasteiger charge is 2.27. The molecule has 2 rings (SSSR count). The van der Waals surface area contributed by atoms with Crippen molar-refractivity contribution in [1.82, 2.24) is 20.8 Å². The summed E-state index contributed by atoms with van der Waals surface area (Å²) in [5.74, 6) is 0.646. The molecule has 1 amide bonds. The molecule has 1 aromatic rings. The quantitative estimate of drug-likeness (QED) is 0.770. The minimum atomic E-state index is 0.00315. The zero-order chi connectivity index (χ0) is 13.0. The zero-order valence-corrected chi connectivity index (χ0v) is 10.8. The van der Waals surface area contributed by atoms with Crippen LogP contribution < -0.4 is 15.5 Å². The van der Waals surface area contributed by atoms with Crippen LogP contribution in [0.4, 0.5) is 6.01 Å². The number of carbonyl (C=O) groups is 1. The lowest BCUT2D eigenvalue weighted by Crippen LogP contribution is -2.42. The van der Waals surface area contributed by atoms with Gasteiger partial charge in [0.2, 0.25) is 11.8 Å². The van der Waals surface area contributed by atoms with Crippen molar-refractivity contribution in [3.8, 4) is 0 Å². The van der Waals surface area contributed by atoms with Gasteiger partial charge in [-0.25, -0.2) is 0 Å². The number of hydrogen-bond donors (Lipinski definition) is 2. The number of nitrogens with one attached hydrogen (secondary N) is 2. The van der Waals surface area contributed by atoms with Crippen LogP contribution in [0.5, 0.6) is 0 Å². The Morgan fingerprint density at radius 2 is 2.33 bits per heavy atom. The fourth-order valence-corrected chi connectivity index (χ4v) is 2.16. The van der Waals surface area contributed by atoms with Crippen LogP contribution in [0.15, 0.2) is 4.42 Å². The summed E-state index contributed by atoms with van der Waals surface area (Å²) in [6.45, 7) is 2.05. The maximum Gasteiger partial charge on any atom is 0.318 e. The predicted molar refractivity (Wildman–Crippen MR) is 66.1 cm³/mol. The molecule has 1 aliphatic heterocycles. The highest BCUT2D eigenvalue weighted by atomic mass is 16.4. The number of amides is 1. The largest absolute Gasteiger partial charge is 0.407 e. The van der Waals surface area contributed by atoms with Crippen LogP contribution in [0.3, 0.4) is 0 Å². The van der Waals surface area contributed by atoms with E-state index >= 15 is 0 Å². The first-order valence-electron chi connectivity index (χ1n) is 6.18. The molecule has 7 heteroatoms. The van der Waals surface area contributed by atoms with Gasteiger partial charge in [-0.2, -0.15) is 0 Å². The van der Waals surface area contributed by atoms with Crippen LogP contribution in [-0.4, -0.2) is 43.3 Å². The third kappa shape index (κ3) is 2.79. The minimum Gasteiger partial charge on any atom is -0.407 e. The van der Waals surface area contributed by atoms with Crippen molar-refractivity contribution in [2.24, 2.45) is 5.92 Å². The SMILES string of the molecule is CNCc1nnc(N2CCCC(C(=O)NC)C2)o1. The molecule has 1 atom stereocenters. The molecular formula is C11H19N5O2. The Labute approximate surface area is 106 Å². The number of hydrogen-bond acceptors (Lipinski definition) is 6. The lowest BCUT2D eigenvalue weighted by molar-refractivity contribution is -0.124. The standard InChI is InChI=1S/C11H19N5O2/c1-12-6-9-14-15-11(18-9)16-5-3-4-8(7-16)10(17)13-2/h8,12H,3-7H2,1-2H3,(H,13,17). The van der Waals surface area contributed by atoms with Crippen LogP contribution in [0.1, 0.15) is 18.7 Å². The second-order valence-electron chi connectivity index (χ2n) is 4.41. The molecule has 7 nitrogen and oxygen atoms in total. The normalized spacial score (nSPS) is 19.9. The Bertz CT molecular complexity index is 406. The lowest BCUT2D eigenvalue weighted by atomic mass is 9.97. The molecule has 0 saturated carbocycles. The fourth-order valence-electron chi connectivity index (χ4n) is 2.16. The van der Waals surface area contributed by atoms with Gasteiger partial charge < -0.3 is 20.0 Å². The van der Waals surface area contributed by atoms with Crippen LogP contribution in [-0.2, 0) is 11.3 Å². The number of rotatable bonds is 4. The number of nitrogens with zero attached hydrogens (tertiary/aromatic N) is 3. The molecule has 2 heterocycles. The molecule has 1 aromatic heterocycles. The molecule has 0 aliphatic carbocycles. The molecule has 0 aromatic carbocycles. The molecule has 0 radical (unpaired) electrons. The monoisotopic (exact) mass is 253 g/mol. The van der Waals surface area contributed by atoms with E-state index in [4.69, 9.17) is 4.42 Å². The van der Waals surface area contributed by atoms with Gasteiger partial charge in [0.1, 0.15) is 0 Å². The van der Waals surface area contributed by atoms with Crippen LogP contribution in [0.2, 0.25) is 0 Å². The second-order valence-corrected chi connectivity index (χ2v) is 4.41. The first-order valence-corrected chi connectivity index (χ1v) is 6.18. The minimum absolute atomic E-state index is 0.00315. The Hall–Kier alpha value is -1.63. The summed E-state index contributed by atoms with van der Waals surface area (Å²) >= 11 is 0. The fraction of sp³-hybridized carbons (Fsp3) is 0.727. The third-order valence-corrected chi connectivity index (χ3v) is 3.09. The molecule has 1 fully saturated rings. The molecule has 1 unspecified atom stereocenters. The van der Waals surface area contributed by atoms with E-state index < -0.39 is 0 Å². The maximum absolute atomic E-state index is 11.6. The summed E-state index contributed by atoms with van der Waals surface area (Å²) in [6.07, 6.45) is 1.87. The van der Waals surface area contributed by atoms with E-state index in [1.807, 2.05) is 11.9 Å². The van der Waals surface area contributed by atoms with Gasteiger partial charge in [-0.05, 0) is 19.9 Å². The molecule has 18 heavy (non-hydrogen) atoms. The van der Waals surface area contributed by atoms with Gasteiger partial charge >= 0.3 is 6.01 Å². The topological polar surface area (TPSA) is 83.3 Å². The van der Waals surface area contributed by atoms with Gasteiger partial charge in [0.25, 0.3) is 0 Å². The highest BCUT2D eigenvalue weighted by molar-refractivity contribution is 5.79. The third-order valence-electron chi connectivity index (χ3n) is 3.09. The Morgan fingerprint density at radius 1 is 1.50 bits per heavy atom. The first-order chi connectivity index (χ1) is 8.74. The van der Waals surface area contributed by atoms with Crippen LogP contribution in [0, 0.1) is 5.92 Å². The molecule has 0 spiro atoms. The Morgan fingerprint density at radius 3 is 3.06 bits per heavy atom. The molecule has 1 aliphatic rings. The van der Waals surface area contributed by atoms with E-state index in [0.29, 0.717) is 25.0 Å². The summed E-state index contributed by atoms with van der Waals surface area (Å²) in [6, 6.07) is 0.508. The van der Waals surface area contributed by atoms with Crippen LogP contribution >= 0.6 is 0 Å². The van der Waals surface area contributed by atoms with Crippen molar-refractivity contribution in [2.75, 3.05) is 32.1 Å². The van der Waals surface area contributed by atoms with Crippen molar-refractivity contribution in [3.05, 3.63) is 5.89 Å². The van der Waals surface area contributed by atoms with Crippen molar-refractivity contribution in [3.63, 3.8) is 0 Å². The summed E-state index contributed by atoms with van der Waals surface area (Å²) in [7, 11) is 3.49. The summed E-state index contributed by atoms with van der Waals surface area (Å²) in [5, 5.41) is 13.6.